The fourth-order valence-electron chi connectivity index (χ4n) is 2.36. The van der Waals surface area contributed by atoms with Gasteiger partial charge in [0.25, 0.3) is 5.91 Å². The van der Waals surface area contributed by atoms with E-state index in [1.807, 2.05) is 0 Å². The quantitative estimate of drug-likeness (QED) is 0.356. The molecule has 1 amide bonds. The molecule has 0 spiro atoms. The Hall–Kier alpha value is -1.10. The molecule has 0 bridgehead atoms. The minimum atomic E-state index is -1.02. The second-order valence-corrected chi connectivity index (χ2v) is 6.01. The van der Waals surface area contributed by atoms with Gasteiger partial charge < -0.3 is 34.5 Å². The van der Waals surface area contributed by atoms with E-state index in [1.54, 1.807) is 13.8 Å². The van der Waals surface area contributed by atoms with Crippen molar-refractivity contribution in [2.24, 2.45) is 0 Å². The van der Waals surface area contributed by atoms with E-state index in [0.29, 0.717) is 13.0 Å². The Kier molecular flexibility index (Phi) is 10.1. The highest BCUT2D eigenvalue weighted by atomic mass is 16.8. The van der Waals surface area contributed by atoms with Gasteiger partial charge in [0.1, 0.15) is 0 Å². The number of carbonyl (C=O) groups excluding carboxylic acids is 2. The molecule has 1 heterocycles. The van der Waals surface area contributed by atoms with Crippen LogP contribution in [0.5, 0.6) is 0 Å². The maximum absolute atomic E-state index is 12.4. The van der Waals surface area contributed by atoms with Crippen molar-refractivity contribution in [1.29, 1.82) is 0 Å². The highest BCUT2D eigenvalue weighted by Gasteiger charge is 2.48. The molecule has 1 fully saturated rings. The molecule has 3 N–H and O–H groups in total. The molecular formula is C16H29NO8. The van der Waals surface area contributed by atoms with Crippen molar-refractivity contribution < 1.29 is 38.7 Å². The van der Waals surface area contributed by atoms with Crippen molar-refractivity contribution in [3.05, 3.63) is 0 Å². The largest absolute Gasteiger partial charge is 0.394 e. The first-order valence-electron chi connectivity index (χ1n) is 8.44. The maximum atomic E-state index is 12.4. The molecule has 1 aliphatic rings. The normalized spacial score (nSPS) is 22.1. The average molecular weight is 363 g/mol. The standard InChI is InChI=1S/C16H29NO8/c1-16(2)24-13(12(20)4-3-8-22-10-6-18)14(25-16)15(21)17-5-9-23-11-7-19/h13-14,18-19H,3-11H2,1-2H3,(H,17,21). The Morgan fingerprint density at radius 2 is 1.60 bits per heavy atom. The molecule has 2 atom stereocenters. The summed E-state index contributed by atoms with van der Waals surface area (Å²) in [5.41, 5.74) is 0. The first kappa shape index (κ1) is 21.9. The fraction of sp³-hybridized carbons (Fsp3) is 0.875. The Bertz CT molecular complexity index is 379. The molecule has 25 heavy (non-hydrogen) atoms. The van der Waals surface area contributed by atoms with Gasteiger partial charge in [0.15, 0.2) is 23.8 Å². The predicted molar refractivity (Wildman–Crippen MR) is 86.9 cm³/mol. The molecule has 1 aliphatic heterocycles. The minimum Gasteiger partial charge on any atom is -0.394 e. The van der Waals surface area contributed by atoms with Crippen LogP contribution in [0.15, 0.2) is 0 Å². The van der Waals surface area contributed by atoms with E-state index in [2.05, 4.69) is 5.32 Å². The maximum Gasteiger partial charge on any atom is 0.252 e. The third-order valence-corrected chi connectivity index (χ3v) is 3.40. The van der Waals surface area contributed by atoms with E-state index < -0.39 is 23.9 Å². The van der Waals surface area contributed by atoms with Crippen molar-refractivity contribution in [2.75, 3.05) is 46.2 Å². The van der Waals surface area contributed by atoms with Gasteiger partial charge in [-0.1, -0.05) is 0 Å². The summed E-state index contributed by atoms with van der Waals surface area (Å²) in [6.45, 7) is 4.43. The number of rotatable bonds is 13. The lowest BCUT2D eigenvalue weighted by molar-refractivity contribution is -0.159. The molecule has 1 rings (SSSR count). The highest BCUT2D eigenvalue weighted by molar-refractivity contribution is 5.92. The molecule has 0 aromatic heterocycles. The number of hydrogen-bond acceptors (Lipinski definition) is 8. The number of carbonyl (C=O) groups is 2. The van der Waals surface area contributed by atoms with E-state index >= 15 is 0 Å². The number of nitrogens with one attached hydrogen (secondary N) is 1. The number of Topliss-reactive ketones (excluding diaryl/α,β-unsaturated/α-hetero) is 1. The SMILES string of the molecule is CC1(C)OC(C(=O)CCCOCCO)C(C(=O)NCCOCCO)O1. The summed E-state index contributed by atoms with van der Waals surface area (Å²) >= 11 is 0. The van der Waals surface area contributed by atoms with Gasteiger partial charge >= 0.3 is 0 Å². The first-order chi connectivity index (χ1) is 11.9. The van der Waals surface area contributed by atoms with Crippen molar-refractivity contribution in [3.63, 3.8) is 0 Å². The third-order valence-electron chi connectivity index (χ3n) is 3.40. The number of amides is 1. The lowest BCUT2D eigenvalue weighted by atomic mass is 10.0. The summed E-state index contributed by atoms with van der Waals surface area (Å²) in [5.74, 6) is -1.69. The summed E-state index contributed by atoms with van der Waals surface area (Å²) in [6.07, 6.45) is -1.31. The van der Waals surface area contributed by atoms with Crippen LogP contribution in [0.3, 0.4) is 0 Å². The van der Waals surface area contributed by atoms with Crippen molar-refractivity contribution in [2.45, 2.75) is 44.7 Å². The summed E-state index contributed by atoms with van der Waals surface area (Å²) in [6, 6.07) is 0. The van der Waals surface area contributed by atoms with E-state index in [4.69, 9.17) is 29.2 Å². The van der Waals surface area contributed by atoms with E-state index in [1.165, 1.54) is 0 Å². The summed E-state index contributed by atoms with van der Waals surface area (Å²) in [7, 11) is 0. The van der Waals surface area contributed by atoms with Crippen LogP contribution >= 0.6 is 0 Å². The summed E-state index contributed by atoms with van der Waals surface area (Å²) in [5, 5.41) is 19.9. The fourth-order valence-corrected chi connectivity index (χ4v) is 2.36. The van der Waals surface area contributed by atoms with Crippen molar-refractivity contribution in [1.82, 2.24) is 5.32 Å². The summed E-state index contributed by atoms with van der Waals surface area (Å²) in [4.78, 5) is 24.6. The van der Waals surface area contributed by atoms with Gasteiger partial charge in [0, 0.05) is 19.6 Å². The van der Waals surface area contributed by atoms with Crippen LogP contribution < -0.4 is 5.32 Å². The van der Waals surface area contributed by atoms with Gasteiger partial charge in [-0.2, -0.15) is 0 Å². The Morgan fingerprint density at radius 3 is 2.24 bits per heavy atom. The van der Waals surface area contributed by atoms with Gasteiger partial charge in [0.05, 0.1) is 33.0 Å². The lowest BCUT2D eigenvalue weighted by Gasteiger charge is -2.16. The topological polar surface area (TPSA) is 124 Å². The Labute approximate surface area is 147 Å². The molecule has 9 nitrogen and oxygen atoms in total. The number of aliphatic hydroxyl groups excluding tert-OH is 2. The highest BCUT2D eigenvalue weighted by Crippen LogP contribution is 2.29. The number of hydrogen-bond donors (Lipinski definition) is 3. The lowest BCUT2D eigenvalue weighted by Crippen LogP contribution is -2.45. The number of ether oxygens (including phenoxy) is 4. The Morgan fingerprint density at radius 1 is 1.00 bits per heavy atom. The molecule has 0 aromatic carbocycles. The van der Waals surface area contributed by atoms with Crippen LogP contribution in [0.2, 0.25) is 0 Å². The van der Waals surface area contributed by atoms with Gasteiger partial charge in [-0.15, -0.1) is 0 Å². The second-order valence-electron chi connectivity index (χ2n) is 6.01. The van der Waals surface area contributed by atoms with Crippen LogP contribution in [-0.4, -0.2) is 86.1 Å². The molecule has 2 unspecified atom stereocenters. The average Bonchev–Trinajstić information content (AvgIpc) is 2.90. The molecule has 146 valence electrons. The van der Waals surface area contributed by atoms with Crippen LogP contribution in [0.1, 0.15) is 26.7 Å². The van der Waals surface area contributed by atoms with E-state index in [-0.39, 0.29) is 51.8 Å². The monoisotopic (exact) mass is 363 g/mol. The zero-order valence-electron chi connectivity index (χ0n) is 14.9. The zero-order valence-corrected chi connectivity index (χ0v) is 14.9. The Balaban J connectivity index is 2.45. The van der Waals surface area contributed by atoms with E-state index in [0.717, 1.165) is 0 Å². The molecule has 0 radical (unpaired) electrons. The predicted octanol–water partition coefficient (Wildman–Crippen LogP) is -1.01. The van der Waals surface area contributed by atoms with Crippen molar-refractivity contribution >= 4 is 11.7 Å². The number of ketones is 1. The number of aliphatic hydroxyl groups is 2. The van der Waals surface area contributed by atoms with Crippen LogP contribution in [0.4, 0.5) is 0 Å². The summed E-state index contributed by atoms with van der Waals surface area (Å²) < 4.78 is 21.3. The van der Waals surface area contributed by atoms with Crippen LogP contribution in [0.25, 0.3) is 0 Å². The molecule has 0 saturated carbocycles. The third kappa shape index (κ3) is 8.21. The van der Waals surface area contributed by atoms with Crippen LogP contribution in [-0.2, 0) is 28.5 Å². The van der Waals surface area contributed by atoms with Gasteiger partial charge in [0.2, 0.25) is 0 Å². The van der Waals surface area contributed by atoms with Gasteiger partial charge in [-0.05, 0) is 20.3 Å². The zero-order chi connectivity index (χ0) is 18.7. The minimum absolute atomic E-state index is 0.0635. The molecule has 1 saturated heterocycles. The van der Waals surface area contributed by atoms with Gasteiger partial charge in [-0.3, -0.25) is 9.59 Å². The molecule has 9 heteroatoms. The molecule has 0 aliphatic carbocycles. The first-order valence-corrected chi connectivity index (χ1v) is 8.44. The molecule has 0 aromatic rings. The van der Waals surface area contributed by atoms with E-state index in [9.17, 15) is 9.59 Å². The second kappa shape index (κ2) is 11.5. The molecular weight excluding hydrogens is 334 g/mol. The smallest absolute Gasteiger partial charge is 0.252 e. The van der Waals surface area contributed by atoms with Crippen LogP contribution in [0, 0.1) is 0 Å². The van der Waals surface area contributed by atoms with Crippen molar-refractivity contribution in [3.8, 4) is 0 Å². The van der Waals surface area contributed by atoms with Gasteiger partial charge in [-0.25, -0.2) is 0 Å².